The molecule has 0 aromatic heterocycles. The van der Waals surface area contributed by atoms with Gasteiger partial charge in [0.2, 0.25) is 5.78 Å². The van der Waals surface area contributed by atoms with E-state index in [9.17, 15) is 54.9 Å². The van der Waals surface area contributed by atoms with Crippen LogP contribution in [-0.4, -0.2) is 180 Å². The van der Waals surface area contributed by atoms with Crippen molar-refractivity contribution < 1.29 is 88.2 Å². The number of carbonyl (C=O) groups is 4. The SMILES string of the molecule is CC/C(=C(/c1ccc(O)cc1)c1ccc(OCCN(C)CCOCCOCCO/N=C/c2ccc(O)c(C(=O)NCN[C@H]3C[C@H](O[C@H]4C[C@](O)(C(=O)CO)Cc5c(O)c6c(c(O)c54)C(=O)c4c(OC)cccc4C6=O)O[C@@H](C)[C@H]3O)c2)cc1)c1ccccc1. The molecule has 470 valence electrons. The molecular formula is C67H74N4O18. The minimum Gasteiger partial charge on any atom is -0.508 e. The first-order chi connectivity index (χ1) is 42.9. The molecule has 2 aliphatic carbocycles. The van der Waals surface area contributed by atoms with Crippen LogP contribution in [0.15, 0.2) is 120 Å². The van der Waals surface area contributed by atoms with Gasteiger partial charge in [-0.05, 0) is 102 Å². The molecule has 0 bridgehead atoms. The lowest BCUT2D eigenvalue weighted by atomic mass is 9.72. The maximum absolute atomic E-state index is 14.1. The van der Waals surface area contributed by atoms with Crippen molar-refractivity contribution in [1.29, 1.82) is 0 Å². The third-order valence-electron chi connectivity index (χ3n) is 16.0. The van der Waals surface area contributed by atoms with Gasteiger partial charge in [0.1, 0.15) is 59.9 Å². The summed E-state index contributed by atoms with van der Waals surface area (Å²) in [6.07, 6.45) is -3.99. The number of amides is 1. The van der Waals surface area contributed by atoms with Crippen LogP contribution in [-0.2, 0) is 35.0 Å². The van der Waals surface area contributed by atoms with Crippen molar-refractivity contribution in [3.8, 4) is 34.5 Å². The number of oxime groups is 1. The summed E-state index contributed by atoms with van der Waals surface area (Å²) in [6, 6.07) is 33.4. The normalized spacial score (nSPS) is 19.9. The minimum atomic E-state index is -2.37. The highest BCUT2D eigenvalue weighted by molar-refractivity contribution is 6.31. The Morgan fingerprint density at radius 3 is 2.19 bits per heavy atom. The molecule has 6 aromatic carbocycles. The molecule has 0 saturated carbocycles. The Balaban J connectivity index is 0.690. The Bertz CT molecular complexity index is 3560. The van der Waals surface area contributed by atoms with E-state index in [2.05, 4.69) is 51.9 Å². The van der Waals surface area contributed by atoms with E-state index < -0.39 is 102 Å². The van der Waals surface area contributed by atoms with Crippen LogP contribution >= 0.6 is 0 Å². The van der Waals surface area contributed by atoms with Gasteiger partial charge in [0.05, 0.1) is 87.0 Å². The third-order valence-corrected chi connectivity index (χ3v) is 16.0. The molecule has 9 N–H and O–H groups in total. The van der Waals surface area contributed by atoms with Crippen molar-refractivity contribution in [2.75, 3.05) is 80.2 Å². The number of phenolic OH excluding ortho intramolecular Hbond substituents is 4. The smallest absolute Gasteiger partial charge is 0.256 e. The van der Waals surface area contributed by atoms with Crippen molar-refractivity contribution in [2.45, 2.75) is 75.8 Å². The lowest BCUT2D eigenvalue weighted by molar-refractivity contribution is -0.249. The van der Waals surface area contributed by atoms with Crippen LogP contribution in [0.1, 0.15) is 115 Å². The Hall–Kier alpha value is -8.55. The number of carbonyl (C=O) groups excluding carboxylic acids is 4. The number of ether oxygens (including phenoxy) is 6. The van der Waals surface area contributed by atoms with Crippen LogP contribution < -0.4 is 20.1 Å². The van der Waals surface area contributed by atoms with Gasteiger partial charge >= 0.3 is 0 Å². The molecule has 6 aromatic rings. The molecule has 1 fully saturated rings. The van der Waals surface area contributed by atoms with Crippen LogP contribution in [0.25, 0.3) is 11.1 Å². The molecule has 22 heteroatoms. The van der Waals surface area contributed by atoms with E-state index in [4.69, 9.17) is 33.3 Å². The summed E-state index contributed by atoms with van der Waals surface area (Å²) >= 11 is 0. The average molecular weight is 1220 g/mol. The number of fused-ring (bicyclic) bond motifs is 3. The van der Waals surface area contributed by atoms with Gasteiger partial charge in [-0.15, -0.1) is 0 Å². The summed E-state index contributed by atoms with van der Waals surface area (Å²) in [5, 5.41) is 86.6. The van der Waals surface area contributed by atoms with E-state index in [1.807, 2.05) is 49.5 Å². The summed E-state index contributed by atoms with van der Waals surface area (Å²) in [4.78, 5) is 61.9. The number of rotatable bonds is 28. The fourth-order valence-electron chi connectivity index (χ4n) is 11.3. The van der Waals surface area contributed by atoms with Gasteiger partial charge in [0, 0.05) is 55.1 Å². The van der Waals surface area contributed by atoms with Gasteiger partial charge in [-0.3, -0.25) is 24.5 Å². The first-order valence-corrected chi connectivity index (χ1v) is 29.3. The topological polar surface area (TPSA) is 314 Å². The molecule has 6 atom stereocenters. The van der Waals surface area contributed by atoms with Crippen molar-refractivity contribution in [1.82, 2.24) is 15.5 Å². The van der Waals surface area contributed by atoms with Gasteiger partial charge < -0.3 is 79.2 Å². The number of phenols is 4. The molecule has 1 amide bonds. The predicted octanol–water partition coefficient (Wildman–Crippen LogP) is 6.19. The van der Waals surface area contributed by atoms with E-state index in [0.717, 1.165) is 34.4 Å². The number of Topliss-reactive ketones (excluding diaryl/α,β-unsaturated/α-hetero) is 1. The number of allylic oxidation sites excluding steroid dienone is 1. The number of nitrogens with zero attached hydrogens (tertiary/aromatic N) is 2. The van der Waals surface area contributed by atoms with Crippen molar-refractivity contribution >= 4 is 40.6 Å². The number of benzene rings is 6. The Morgan fingerprint density at radius 2 is 1.48 bits per heavy atom. The molecule has 0 unspecified atom stereocenters. The second-order valence-electron chi connectivity index (χ2n) is 21.9. The molecular weight excluding hydrogens is 1150 g/mol. The highest BCUT2D eigenvalue weighted by Crippen LogP contribution is 2.53. The number of methoxy groups -OCH3 is 1. The molecule has 89 heavy (non-hydrogen) atoms. The maximum atomic E-state index is 14.1. The highest BCUT2D eigenvalue weighted by Gasteiger charge is 2.50. The van der Waals surface area contributed by atoms with Crippen molar-refractivity contribution in [3.05, 3.63) is 176 Å². The van der Waals surface area contributed by atoms with Crippen LogP contribution in [0.5, 0.6) is 34.5 Å². The first-order valence-electron chi connectivity index (χ1n) is 29.3. The largest absolute Gasteiger partial charge is 0.508 e. The molecule has 22 nitrogen and oxygen atoms in total. The lowest BCUT2D eigenvalue weighted by Crippen LogP contribution is -2.56. The number of hydrogen-bond acceptors (Lipinski definition) is 21. The lowest BCUT2D eigenvalue weighted by Gasteiger charge is -2.43. The van der Waals surface area contributed by atoms with Gasteiger partial charge in [-0.1, -0.05) is 78.8 Å². The molecule has 3 aliphatic rings. The van der Waals surface area contributed by atoms with E-state index in [-0.39, 0.29) is 71.4 Å². The van der Waals surface area contributed by atoms with Crippen molar-refractivity contribution in [3.63, 3.8) is 0 Å². The number of nitrogens with one attached hydrogen (secondary N) is 2. The highest BCUT2D eigenvalue weighted by atomic mass is 16.7. The summed E-state index contributed by atoms with van der Waals surface area (Å²) in [5.41, 5.74) is 1.73. The predicted molar refractivity (Wildman–Crippen MR) is 327 cm³/mol. The third kappa shape index (κ3) is 15.0. The number of likely N-dealkylation sites (N-methyl/N-ethyl adjacent to an activating group) is 1. The van der Waals surface area contributed by atoms with Crippen LogP contribution in [0.3, 0.4) is 0 Å². The zero-order valence-corrected chi connectivity index (χ0v) is 49.8. The summed E-state index contributed by atoms with van der Waals surface area (Å²) in [6.45, 7) is 5.84. The standard InChI is InChI=1S/C67H74N4O18/c1-5-46(41-10-7-6-8-11-41)56(42-15-19-44(73)20-16-42)43-17-21-45(22-18-43)86-27-25-71(3)24-26-84-28-29-85-30-31-87-70-36-40-14-23-51(74)48(32-40)66(81)69-38-68-50-33-55(88-39(2)61(50)76)89-53-35-67(82,54(75)37-72)34-49-58(53)65(80)60-59(63(49)78)62(77)47-12-9-13-52(83-4)57(47)64(60)79/h6-23,32,36,39,50,53,55,61,68,72-74,76,78,80,82H,5,24-31,33-35,37-38H2,1-4H3,(H,69,81)/b56-46+,70-36+/t39-,50-,53-,55-,61+,67-/m0/s1. The Kier molecular flexibility index (Phi) is 21.6. The Labute approximate surface area is 514 Å². The van der Waals surface area contributed by atoms with Crippen LogP contribution in [0.4, 0.5) is 0 Å². The maximum Gasteiger partial charge on any atom is 0.256 e. The second-order valence-corrected chi connectivity index (χ2v) is 21.9. The van der Waals surface area contributed by atoms with Gasteiger partial charge in [0.25, 0.3) is 5.91 Å². The molecule has 0 radical (unpaired) electrons. The number of aliphatic hydroxyl groups is 3. The van der Waals surface area contributed by atoms with E-state index in [1.54, 1.807) is 19.1 Å². The zero-order chi connectivity index (χ0) is 63.4. The van der Waals surface area contributed by atoms with Crippen LogP contribution in [0, 0.1) is 0 Å². The minimum absolute atomic E-state index is 0.0481. The fourth-order valence-corrected chi connectivity index (χ4v) is 11.3. The summed E-state index contributed by atoms with van der Waals surface area (Å²) in [7, 11) is 3.30. The zero-order valence-electron chi connectivity index (χ0n) is 49.8. The van der Waals surface area contributed by atoms with Gasteiger partial charge in [-0.25, -0.2) is 0 Å². The Morgan fingerprint density at radius 1 is 0.798 bits per heavy atom. The number of aliphatic hydroxyl groups excluding tert-OH is 2. The molecule has 1 heterocycles. The van der Waals surface area contributed by atoms with Gasteiger partial charge in [-0.2, -0.15) is 0 Å². The fraction of sp³-hybridized carbons (Fsp3) is 0.358. The molecule has 9 rings (SSSR count). The van der Waals surface area contributed by atoms with Crippen molar-refractivity contribution in [2.24, 2.45) is 5.16 Å². The summed E-state index contributed by atoms with van der Waals surface area (Å²) in [5.74, 6) is -4.16. The molecule has 0 spiro atoms. The van der Waals surface area contributed by atoms with E-state index in [0.29, 0.717) is 45.1 Å². The molecule has 1 aliphatic heterocycles. The van der Waals surface area contributed by atoms with Crippen LogP contribution in [0.2, 0.25) is 0 Å². The number of aromatic hydroxyl groups is 4. The monoisotopic (exact) mass is 1220 g/mol. The van der Waals surface area contributed by atoms with Gasteiger partial charge in [0.15, 0.2) is 17.9 Å². The quantitative estimate of drug-likeness (QED) is 0.00659. The van der Waals surface area contributed by atoms with E-state index >= 15 is 0 Å². The second kappa shape index (κ2) is 29.6. The number of ketones is 3. The molecule has 1 saturated heterocycles. The van der Waals surface area contributed by atoms with E-state index in [1.165, 1.54) is 55.3 Å². The summed E-state index contributed by atoms with van der Waals surface area (Å²) < 4.78 is 35.1. The number of hydrogen-bond donors (Lipinski definition) is 9. The average Bonchev–Trinajstić information content (AvgIpc) is 0.754. The first kappa shape index (κ1) is 64.9.